The van der Waals surface area contributed by atoms with Crippen molar-refractivity contribution in [2.45, 2.75) is 39.0 Å². The molecule has 3 aliphatic carbocycles. The summed E-state index contributed by atoms with van der Waals surface area (Å²) in [5.41, 5.74) is 6.43. The Labute approximate surface area is 96.4 Å². The Kier molecular flexibility index (Phi) is 1.99. The maximum absolute atomic E-state index is 11.0. The number of nitrogens with two attached hydrogens (primary N) is 1. The fourth-order valence-electron chi connectivity index (χ4n) is 5.06. The van der Waals surface area contributed by atoms with E-state index in [1.165, 1.54) is 19.3 Å². The molecule has 0 aliphatic heterocycles. The number of fused-ring (bicyclic) bond motifs is 3. The lowest BCUT2D eigenvalue weighted by Gasteiger charge is -2.53. The average molecular weight is 223 g/mol. The number of carbonyl (C=O) groups is 1. The van der Waals surface area contributed by atoms with Gasteiger partial charge in [0.1, 0.15) is 0 Å². The molecule has 3 rings (SSSR count). The van der Waals surface area contributed by atoms with Crippen LogP contribution < -0.4 is 5.73 Å². The number of aliphatic carboxylic acids is 1. The third-order valence-electron chi connectivity index (χ3n) is 5.85. The van der Waals surface area contributed by atoms with E-state index in [0.717, 1.165) is 18.3 Å². The summed E-state index contributed by atoms with van der Waals surface area (Å²) in [4.78, 5) is 11.0. The Bertz CT molecular complexity index is 343. The molecule has 3 N–H and O–H groups in total. The van der Waals surface area contributed by atoms with Gasteiger partial charge in [-0.05, 0) is 54.4 Å². The summed E-state index contributed by atoms with van der Waals surface area (Å²) in [6.07, 6.45) is 5.32. The second-order valence-corrected chi connectivity index (χ2v) is 6.36. The van der Waals surface area contributed by atoms with Crippen LogP contribution in [0, 0.1) is 28.6 Å². The standard InChI is InChI=1S/C13H21NO2/c1-2-12-3-8-4-13(7-14,6-10(15)16)11(8)9(12)5-12/h8-9,11H,2-7,14H2,1H3,(H,15,16)/t8-,9-,11+,12-,13-/m0/s1. The molecule has 0 heterocycles. The summed E-state index contributed by atoms with van der Waals surface area (Å²) in [5, 5.41) is 9.03. The highest BCUT2D eigenvalue weighted by Gasteiger charge is 2.73. The average Bonchev–Trinajstić information content (AvgIpc) is 2.83. The Morgan fingerprint density at radius 3 is 2.75 bits per heavy atom. The molecule has 0 aromatic heterocycles. The van der Waals surface area contributed by atoms with Crippen LogP contribution in [0.25, 0.3) is 0 Å². The number of rotatable bonds is 4. The summed E-state index contributed by atoms with van der Waals surface area (Å²) in [7, 11) is 0. The van der Waals surface area contributed by atoms with Crippen LogP contribution in [0.5, 0.6) is 0 Å². The van der Waals surface area contributed by atoms with Crippen LogP contribution in [-0.2, 0) is 4.79 Å². The summed E-state index contributed by atoms with van der Waals surface area (Å²) in [6, 6.07) is 0. The van der Waals surface area contributed by atoms with Crippen molar-refractivity contribution < 1.29 is 9.90 Å². The van der Waals surface area contributed by atoms with Gasteiger partial charge in [-0.2, -0.15) is 0 Å². The van der Waals surface area contributed by atoms with Gasteiger partial charge in [-0.25, -0.2) is 0 Å². The minimum absolute atomic E-state index is 0.0470. The van der Waals surface area contributed by atoms with E-state index < -0.39 is 5.97 Å². The Hall–Kier alpha value is -0.570. The molecule has 0 unspecified atom stereocenters. The molecule has 0 saturated heterocycles. The minimum Gasteiger partial charge on any atom is -0.481 e. The van der Waals surface area contributed by atoms with Crippen molar-refractivity contribution in [1.82, 2.24) is 0 Å². The first-order chi connectivity index (χ1) is 7.57. The van der Waals surface area contributed by atoms with Gasteiger partial charge >= 0.3 is 5.97 Å². The summed E-state index contributed by atoms with van der Waals surface area (Å²) in [6.45, 7) is 2.85. The van der Waals surface area contributed by atoms with Crippen molar-refractivity contribution in [3.63, 3.8) is 0 Å². The second kappa shape index (κ2) is 3.00. The molecule has 0 amide bonds. The first kappa shape index (κ1) is 10.6. The van der Waals surface area contributed by atoms with Crippen LogP contribution in [0.2, 0.25) is 0 Å². The van der Waals surface area contributed by atoms with Gasteiger partial charge in [-0.3, -0.25) is 4.79 Å². The molecule has 5 atom stereocenters. The summed E-state index contributed by atoms with van der Waals surface area (Å²) in [5.74, 6) is 1.56. The van der Waals surface area contributed by atoms with E-state index in [0.29, 0.717) is 24.3 Å². The summed E-state index contributed by atoms with van der Waals surface area (Å²) >= 11 is 0. The van der Waals surface area contributed by atoms with Gasteiger partial charge in [0.15, 0.2) is 0 Å². The molecule has 0 aromatic carbocycles. The lowest BCUT2D eigenvalue weighted by atomic mass is 9.52. The molecule has 90 valence electrons. The maximum atomic E-state index is 11.0. The lowest BCUT2D eigenvalue weighted by Crippen LogP contribution is -2.52. The lowest BCUT2D eigenvalue weighted by molar-refractivity contribution is -0.146. The van der Waals surface area contributed by atoms with Crippen molar-refractivity contribution in [2.24, 2.45) is 34.3 Å². The van der Waals surface area contributed by atoms with Crippen LogP contribution in [0.3, 0.4) is 0 Å². The highest BCUT2D eigenvalue weighted by molar-refractivity contribution is 5.68. The van der Waals surface area contributed by atoms with Crippen molar-refractivity contribution in [2.75, 3.05) is 6.54 Å². The van der Waals surface area contributed by atoms with E-state index in [9.17, 15) is 4.79 Å². The van der Waals surface area contributed by atoms with Crippen molar-refractivity contribution in [3.8, 4) is 0 Å². The molecule has 0 radical (unpaired) electrons. The molecule has 3 fully saturated rings. The van der Waals surface area contributed by atoms with Crippen LogP contribution in [0.4, 0.5) is 0 Å². The molecule has 3 heteroatoms. The highest BCUT2D eigenvalue weighted by atomic mass is 16.4. The molecule has 0 spiro atoms. The normalized spacial score (nSPS) is 52.8. The molecule has 16 heavy (non-hydrogen) atoms. The molecule has 3 nitrogen and oxygen atoms in total. The van der Waals surface area contributed by atoms with Gasteiger partial charge in [0.2, 0.25) is 0 Å². The van der Waals surface area contributed by atoms with Crippen LogP contribution in [0.15, 0.2) is 0 Å². The monoisotopic (exact) mass is 223 g/mol. The van der Waals surface area contributed by atoms with E-state index in [2.05, 4.69) is 6.92 Å². The van der Waals surface area contributed by atoms with Gasteiger partial charge in [0, 0.05) is 0 Å². The molecule has 3 saturated carbocycles. The van der Waals surface area contributed by atoms with E-state index in [-0.39, 0.29) is 5.41 Å². The predicted octanol–water partition coefficient (Wildman–Crippen LogP) is 1.86. The molecule has 3 aliphatic rings. The SMILES string of the molecule is CC[C@@]12C[C@H]3C[C@@](CN)(CC(=O)O)[C@H]3[C@@H]1C2. The van der Waals surface area contributed by atoms with Crippen molar-refractivity contribution in [3.05, 3.63) is 0 Å². The fourth-order valence-corrected chi connectivity index (χ4v) is 5.06. The Morgan fingerprint density at radius 1 is 1.44 bits per heavy atom. The third kappa shape index (κ3) is 1.10. The van der Waals surface area contributed by atoms with E-state index in [1.807, 2.05) is 0 Å². The minimum atomic E-state index is -0.668. The molecule has 0 aromatic rings. The van der Waals surface area contributed by atoms with Gasteiger partial charge in [0.25, 0.3) is 0 Å². The van der Waals surface area contributed by atoms with E-state index >= 15 is 0 Å². The van der Waals surface area contributed by atoms with Gasteiger partial charge < -0.3 is 10.8 Å². The quantitative estimate of drug-likeness (QED) is 0.764. The van der Waals surface area contributed by atoms with Gasteiger partial charge in [-0.1, -0.05) is 13.3 Å². The van der Waals surface area contributed by atoms with Crippen LogP contribution >= 0.6 is 0 Å². The topological polar surface area (TPSA) is 63.3 Å². The fraction of sp³-hybridized carbons (Fsp3) is 0.923. The number of carboxylic acids is 1. The molecule has 0 bridgehead atoms. The van der Waals surface area contributed by atoms with Gasteiger partial charge in [0.05, 0.1) is 6.42 Å². The van der Waals surface area contributed by atoms with Gasteiger partial charge in [-0.15, -0.1) is 0 Å². The van der Waals surface area contributed by atoms with E-state index in [1.54, 1.807) is 0 Å². The largest absolute Gasteiger partial charge is 0.481 e. The number of hydrogen-bond acceptors (Lipinski definition) is 2. The highest BCUT2D eigenvalue weighted by Crippen LogP contribution is 2.79. The van der Waals surface area contributed by atoms with Crippen LogP contribution in [-0.4, -0.2) is 17.6 Å². The maximum Gasteiger partial charge on any atom is 0.303 e. The van der Waals surface area contributed by atoms with E-state index in [4.69, 9.17) is 10.8 Å². The zero-order chi connectivity index (χ0) is 11.6. The zero-order valence-electron chi connectivity index (χ0n) is 9.91. The van der Waals surface area contributed by atoms with Crippen LogP contribution in [0.1, 0.15) is 39.0 Å². The van der Waals surface area contributed by atoms with Crippen molar-refractivity contribution >= 4 is 5.97 Å². The predicted molar refractivity (Wildman–Crippen MR) is 60.8 cm³/mol. The Balaban J connectivity index is 1.79. The first-order valence-electron chi connectivity index (χ1n) is 6.49. The van der Waals surface area contributed by atoms with Crippen molar-refractivity contribution in [1.29, 1.82) is 0 Å². The first-order valence-corrected chi connectivity index (χ1v) is 6.49. The smallest absolute Gasteiger partial charge is 0.303 e. The number of hydrogen-bond donors (Lipinski definition) is 2. The third-order valence-corrected chi connectivity index (χ3v) is 5.85. The Morgan fingerprint density at radius 2 is 2.19 bits per heavy atom. The second-order valence-electron chi connectivity index (χ2n) is 6.36. The molecular weight excluding hydrogens is 202 g/mol. The summed E-state index contributed by atoms with van der Waals surface area (Å²) < 4.78 is 0. The zero-order valence-corrected chi connectivity index (χ0v) is 9.91. The molecular formula is C13H21NO2. The number of carboxylic acid groups (broad SMARTS) is 1.